The van der Waals surface area contributed by atoms with Crippen molar-refractivity contribution in [3.05, 3.63) is 23.5 Å². The number of halogens is 1. The number of nitrogens with one attached hydrogen (secondary N) is 1. The Morgan fingerprint density at radius 2 is 1.95 bits per heavy atom. The number of hydrogen-bond acceptors (Lipinski definition) is 4. The lowest BCUT2D eigenvalue weighted by Gasteiger charge is -2.30. The quantitative estimate of drug-likeness (QED) is 0.722. The lowest BCUT2D eigenvalue weighted by Crippen LogP contribution is -2.44. The van der Waals surface area contributed by atoms with Gasteiger partial charge in [-0.05, 0) is 30.9 Å². The average molecular weight is 318 g/mol. The molecule has 0 aliphatic heterocycles. The standard InChI is InChI=1S/C14H23FN2O3S/c1-9-11(15)7-10(8-12(9)16)21(19,20)17-13(5-6-18)14(2,3)4/h7-8,13,17-18H,5-6,16H2,1-4H3. The van der Waals surface area contributed by atoms with Crippen LogP contribution in [0, 0.1) is 18.2 Å². The first-order valence-electron chi connectivity index (χ1n) is 6.68. The maximum atomic E-state index is 13.7. The predicted octanol–water partition coefficient (Wildman–Crippen LogP) is 1.79. The Labute approximate surface area is 125 Å². The van der Waals surface area contributed by atoms with E-state index in [1.54, 1.807) is 0 Å². The number of aliphatic hydroxyl groups excluding tert-OH is 1. The van der Waals surface area contributed by atoms with E-state index < -0.39 is 21.9 Å². The first kappa shape index (κ1) is 17.9. The zero-order valence-electron chi connectivity index (χ0n) is 12.8. The topological polar surface area (TPSA) is 92.4 Å². The number of benzene rings is 1. The molecule has 1 unspecified atom stereocenters. The lowest BCUT2D eigenvalue weighted by atomic mass is 9.86. The van der Waals surface area contributed by atoms with Crippen LogP contribution in [0.3, 0.4) is 0 Å². The van der Waals surface area contributed by atoms with Crippen LogP contribution in [0.5, 0.6) is 0 Å². The molecule has 0 spiro atoms. The fraction of sp³-hybridized carbons (Fsp3) is 0.571. The molecular formula is C14H23FN2O3S. The number of sulfonamides is 1. The van der Waals surface area contributed by atoms with Crippen LogP contribution in [0.25, 0.3) is 0 Å². The molecule has 0 heterocycles. The van der Waals surface area contributed by atoms with Gasteiger partial charge in [-0.25, -0.2) is 17.5 Å². The summed E-state index contributed by atoms with van der Waals surface area (Å²) in [4.78, 5) is -0.213. The van der Waals surface area contributed by atoms with Gasteiger partial charge in [0.05, 0.1) is 4.90 Å². The van der Waals surface area contributed by atoms with Gasteiger partial charge in [-0.2, -0.15) is 0 Å². The molecular weight excluding hydrogens is 295 g/mol. The summed E-state index contributed by atoms with van der Waals surface area (Å²) in [5.41, 5.74) is 5.54. The van der Waals surface area contributed by atoms with E-state index in [0.717, 1.165) is 6.07 Å². The molecule has 120 valence electrons. The van der Waals surface area contributed by atoms with Crippen molar-refractivity contribution >= 4 is 15.7 Å². The van der Waals surface area contributed by atoms with E-state index in [0.29, 0.717) is 0 Å². The van der Waals surface area contributed by atoms with E-state index >= 15 is 0 Å². The Morgan fingerprint density at radius 3 is 2.38 bits per heavy atom. The van der Waals surface area contributed by atoms with Crippen molar-refractivity contribution in [1.29, 1.82) is 0 Å². The lowest BCUT2D eigenvalue weighted by molar-refractivity contribution is 0.214. The molecule has 1 aromatic rings. The van der Waals surface area contributed by atoms with Crippen LogP contribution in [0.15, 0.2) is 17.0 Å². The summed E-state index contributed by atoms with van der Waals surface area (Å²) in [6, 6.07) is 1.71. The monoisotopic (exact) mass is 318 g/mol. The Hall–Kier alpha value is -1.18. The van der Waals surface area contributed by atoms with Gasteiger partial charge in [-0.15, -0.1) is 0 Å². The molecule has 0 saturated heterocycles. The van der Waals surface area contributed by atoms with Gasteiger partial charge in [0.15, 0.2) is 0 Å². The van der Waals surface area contributed by atoms with Gasteiger partial charge in [-0.1, -0.05) is 20.8 Å². The van der Waals surface area contributed by atoms with Gasteiger partial charge >= 0.3 is 0 Å². The molecule has 7 heteroatoms. The summed E-state index contributed by atoms with van der Waals surface area (Å²) in [6.07, 6.45) is 0.270. The maximum Gasteiger partial charge on any atom is 0.241 e. The van der Waals surface area contributed by atoms with E-state index in [2.05, 4.69) is 4.72 Å². The molecule has 0 radical (unpaired) electrons. The van der Waals surface area contributed by atoms with Crippen molar-refractivity contribution in [1.82, 2.24) is 4.72 Å². The summed E-state index contributed by atoms with van der Waals surface area (Å²) in [5, 5.41) is 9.08. The summed E-state index contributed by atoms with van der Waals surface area (Å²) in [7, 11) is -3.91. The molecule has 0 aromatic heterocycles. The molecule has 1 aromatic carbocycles. The Morgan fingerprint density at radius 1 is 1.38 bits per heavy atom. The van der Waals surface area contributed by atoms with Gasteiger partial charge in [0.25, 0.3) is 0 Å². The highest BCUT2D eigenvalue weighted by atomic mass is 32.2. The minimum atomic E-state index is -3.91. The summed E-state index contributed by atoms with van der Waals surface area (Å²) in [5.74, 6) is -0.662. The van der Waals surface area contributed by atoms with E-state index in [-0.39, 0.29) is 34.6 Å². The molecule has 21 heavy (non-hydrogen) atoms. The minimum Gasteiger partial charge on any atom is -0.398 e. The van der Waals surface area contributed by atoms with E-state index in [1.165, 1.54) is 13.0 Å². The fourth-order valence-electron chi connectivity index (χ4n) is 1.88. The first-order chi connectivity index (χ1) is 9.49. The summed E-state index contributed by atoms with van der Waals surface area (Å²) >= 11 is 0. The van der Waals surface area contributed by atoms with Gasteiger partial charge in [0.1, 0.15) is 5.82 Å². The third kappa shape index (κ3) is 4.39. The third-order valence-corrected chi connectivity index (χ3v) is 4.88. The molecule has 1 rings (SSSR count). The highest BCUT2D eigenvalue weighted by Crippen LogP contribution is 2.25. The highest BCUT2D eigenvalue weighted by Gasteiger charge is 2.29. The first-order valence-corrected chi connectivity index (χ1v) is 8.16. The van der Waals surface area contributed by atoms with E-state index in [4.69, 9.17) is 10.8 Å². The molecule has 0 fully saturated rings. The Kier molecular flexibility index (Phi) is 5.35. The second-order valence-corrected chi connectivity index (χ2v) is 7.89. The van der Waals surface area contributed by atoms with E-state index in [9.17, 15) is 12.8 Å². The minimum absolute atomic E-state index is 0.0878. The van der Waals surface area contributed by atoms with Crippen LogP contribution >= 0.6 is 0 Å². The second-order valence-electron chi connectivity index (χ2n) is 6.17. The summed E-state index contributed by atoms with van der Waals surface area (Å²) < 4.78 is 40.9. The maximum absolute atomic E-state index is 13.7. The highest BCUT2D eigenvalue weighted by molar-refractivity contribution is 7.89. The summed E-state index contributed by atoms with van der Waals surface area (Å²) in [6.45, 7) is 6.92. The van der Waals surface area contributed by atoms with Gasteiger partial charge in [0.2, 0.25) is 10.0 Å². The smallest absolute Gasteiger partial charge is 0.241 e. The zero-order chi connectivity index (χ0) is 16.4. The number of aliphatic hydroxyl groups is 1. The largest absolute Gasteiger partial charge is 0.398 e. The zero-order valence-corrected chi connectivity index (χ0v) is 13.6. The molecule has 0 aliphatic rings. The predicted molar refractivity (Wildman–Crippen MR) is 80.8 cm³/mol. The van der Waals surface area contributed by atoms with E-state index in [1.807, 2.05) is 20.8 Å². The molecule has 0 bridgehead atoms. The molecule has 4 N–H and O–H groups in total. The molecule has 0 saturated carbocycles. The van der Waals surface area contributed by atoms with Crippen molar-refractivity contribution < 1.29 is 17.9 Å². The average Bonchev–Trinajstić information content (AvgIpc) is 2.33. The third-order valence-electron chi connectivity index (χ3n) is 3.43. The normalized spacial score (nSPS) is 14.2. The van der Waals surface area contributed by atoms with Gasteiger partial charge < -0.3 is 10.8 Å². The van der Waals surface area contributed by atoms with Gasteiger partial charge in [-0.3, -0.25) is 0 Å². The van der Waals surface area contributed by atoms with Crippen molar-refractivity contribution in [2.75, 3.05) is 12.3 Å². The number of rotatable bonds is 5. The fourth-order valence-corrected chi connectivity index (χ4v) is 3.41. The van der Waals surface area contributed by atoms with Crippen molar-refractivity contribution in [2.24, 2.45) is 5.41 Å². The number of nitrogens with two attached hydrogens (primary N) is 1. The van der Waals surface area contributed by atoms with Crippen molar-refractivity contribution in [2.45, 2.75) is 45.1 Å². The van der Waals surface area contributed by atoms with Crippen LogP contribution < -0.4 is 10.5 Å². The van der Waals surface area contributed by atoms with Crippen LogP contribution in [0.1, 0.15) is 32.8 Å². The molecule has 5 nitrogen and oxygen atoms in total. The molecule has 1 atom stereocenters. The van der Waals surface area contributed by atoms with Gasteiger partial charge in [0, 0.05) is 23.9 Å². The molecule has 0 amide bonds. The SMILES string of the molecule is Cc1c(N)cc(S(=O)(=O)NC(CCO)C(C)(C)C)cc1F. The van der Waals surface area contributed by atoms with Crippen LogP contribution in [0.2, 0.25) is 0 Å². The van der Waals surface area contributed by atoms with Crippen molar-refractivity contribution in [3.8, 4) is 0 Å². The van der Waals surface area contributed by atoms with Crippen molar-refractivity contribution in [3.63, 3.8) is 0 Å². The van der Waals surface area contributed by atoms with Crippen LogP contribution in [0.4, 0.5) is 10.1 Å². The van der Waals surface area contributed by atoms with Crippen LogP contribution in [-0.4, -0.2) is 26.2 Å². The number of nitrogen functional groups attached to an aromatic ring is 1. The van der Waals surface area contributed by atoms with Crippen LogP contribution in [-0.2, 0) is 10.0 Å². The molecule has 0 aliphatic carbocycles. The Balaban J connectivity index is 3.16. The number of anilines is 1. The number of hydrogen-bond donors (Lipinski definition) is 3. The Bertz CT molecular complexity index is 586. The second kappa shape index (κ2) is 6.29.